The molecule has 0 radical (unpaired) electrons. The second-order valence-corrected chi connectivity index (χ2v) is 8.58. The van der Waals surface area contributed by atoms with E-state index < -0.39 is 23.7 Å². The number of fused-ring (bicyclic) bond motifs is 1. The molecule has 0 saturated heterocycles. The number of halogens is 1. The highest BCUT2D eigenvalue weighted by Crippen LogP contribution is 2.20. The highest BCUT2D eigenvalue weighted by Gasteiger charge is 2.23. The van der Waals surface area contributed by atoms with Crippen molar-refractivity contribution in [2.75, 3.05) is 18.5 Å². The molecule has 0 aliphatic carbocycles. The van der Waals surface area contributed by atoms with Gasteiger partial charge in [0.1, 0.15) is 23.4 Å². The van der Waals surface area contributed by atoms with Crippen LogP contribution in [0.4, 0.5) is 10.2 Å². The minimum atomic E-state index is -1.20. The van der Waals surface area contributed by atoms with Crippen molar-refractivity contribution in [1.29, 1.82) is 0 Å². The summed E-state index contributed by atoms with van der Waals surface area (Å²) in [6.07, 6.45) is 2.89. The number of nitrogens with zero attached hydrogens (tertiary/aromatic N) is 1. The van der Waals surface area contributed by atoms with Crippen LogP contribution >= 0.6 is 0 Å². The predicted molar refractivity (Wildman–Crippen MR) is 130 cm³/mol. The van der Waals surface area contributed by atoms with Crippen molar-refractivity contribution in [3.63, 3.8) is 0 Å². The molecular formula is C27H28FN3O4. The van der Waals surface area contributed by atoms with Crippen LogP contribution in [-0.4, -0.2) is 41.2 Å². The molecule has 35 heavy (non-hydrogen) atoms. The number of benzene rings is 2. The van der Waals surface area contributed by atoms with Crippen molar-refractivity contribution in [2.24, 2.45) is 0 Å². The van der Waals surface area contributed by atoms with E-state index in [0.717, 1.165) is 30.9 Å². The van der Waals surface area contributed by atoms with Crippen LogP contribution < -0.4 is 15.4 Å². The van der Waals surface area contributed by atoms with Gasteiger partial charge in [-0.1, -0.05) is 30.3 Å². The average molecular weight is 478 g/mol. The average Bonchev–Trinajstić information content (AvgIpc) is 2.84. The van der Waals surface area contributed by atoms with Crippen LogP contribution in [0.5, 0.6) is 5.75 Å². The first-order valence-electron chi connectivity index (χ1n) is 11.6. The Bertz CT molecular complexity index is 1190. The summed E-state index contributed by atoms with van der Waals surface area (Å²) >= 11 is 0. The third kappa shape index (κ3) is 6.15. The van der Waals surface area contributed by atoms with Crippen molar-refractivity contribution in [3.05, 3.63) is 88.4 Å². The van der Waals surface area contributed by atoms with E-state index in [0.29, 0.717) is 29.9 Å². The summed E-state index contributed by atoms with van der Waals surface area (Å²) in [5, 5.41) is 15.3. The van der Waals surface area contributed by atoms with Crippen LogP contribution in [-0.2, 0) is 24.1 Å². The quantitative estimate of drug-likeness (QED) is 0.432. The molecule has 0 unspecified atom stereocenters. The number of amides is 1. The lowest BCUT2D eigenvalue weighted by Gasteiger charge is -2.17. The maximum absolute atomic E-state index is 14.1. The van der Waals surface area contributed by atoms with E-state index in [1.807, 2.05) is 6.07 Å². The molecule has 1 amide bonds. The molecule has 4 rings (SSSR count). The molecule has 0 spiro atoms. The predicted octanol–water partition coefficient (Wildman–Crippen LogP) is 3.93. The second-order valence-electron chi connectivity index (χ2n) is 8.58. The third-order valence-electron chi connectivity index (χ3n) is 5.99. The van der Waals surface area contributed by atoms with E-state index in [-0.39, 0.29) is 12.0 Å². The minimum Gasteiger partial charge on any atom is -0.493 e. The largest absolute Gasteiger partial charge is 0.493 e. The zero-order valence-corrected chi connectivity index (χ0v) is 19.5. The number of carbonyl (C=O) groups is 2. The van der Waals surface area contributed by atoms with Gasteiger partial charge in [-0.15, -0.1) is 0 Å². The summed E-state index contributed by atoms with van der Waals surface area (Å²) in [5.41, 5.74) is 3.20. The molecule has 182 valence electrons. The summed E-state index contributed by atoms with van der Waals surface area (Å²) in [6.45, 7) is 3.01. The van der Waals surface area contributed by atoms with Gasteiger partial charge >= 0.3 is 5.97 Å². The van der Waals surface area contributed by atoms with Gasteiger partial charge in [0.05, 0.1) is 12.2 Å². The zero-order chi connectivity index (χ0) is 24.8. The molecule has 1 aliphatic heterocycles. The lowest BCUT2D eigenvalue weighted by Crippen LogP contribution is -2.42. The van der Waals surface area contributed by atoms with E-state index in [4.69, 9.17) is 4.74 Å². The first-order chi connectivity index (χ1) is 16.9. The van der Waals surface area contributed by atoms with Crippen LogP contribution in [0, 0.1) is 12.7 Å². The lowest BCUT2D eigenvalue weighted by atomic mass is 10.0. The van der Waals surface area contributed by atoms with Crippen molar-refractivity contribution >= 4 is 17.7 Å². The fourth-order valence-corrected chi connectivity index (χ4v) is 4.09. The molecule has 0 bridgehead atoms. The highest BCUT2D eigenvalue weighted by atomic mass is 19.1. The first kappa shape index (κ1) is 24.2. The van der Waals surface area contributed by atoms with Crippen LogP contribution in [0.3, 0.4) is 0 Å². The van der Waals surface area contributed by atoms with Gasteiger partial charge < -0.3 is 20.5 Å². The number of carboxylic acids is 1. The number of carbonyl (C=O) groups excluding carboxylic acids is 1. The van der Waals surface area contributed by atoms with Crippen LogP contribution in [0.25, 0.3) is 0 Å². The molecule has 1 aliphatic rings. The molecule has 3 N–H and O–H groups in total. The molecule has 3 aromatic rings. The molecule has 7 nitrogen and oxygen atoms in total. The Morgan fingerprint density at radius 1 is 1.17 bits per heavy atom. The van der Waals surface area contributed by atoms with Crippen LogP contribution in [0.2, 0.25) is 0 Å². The number of aryl methyl sites for hydroxylation is 2. The number of aromatic nitrogens is 1. The molecule has 0 fully saturated rings. The number of aliphatic carboxylic acids is 1. The van der Waals surface area contributed by atoms with Gasteiger partial charge in [-0.3, -0.25) is 4.79 Å². The zero-order valence-electron chi connectivity index (χ0n) is 19.5. The number of carboxylic acid groups (broad SMARTS) is 1. The fraction of sp³-hybridized carbons (Fsp3) is 0.296. The van der Waals surface area contributed by atoms with Crippen molar-refractivity contribution in [2.45, 2.75) is 38.6 Å². The maximum Gasteiger partial charge on any atom is 0.326 e. The molecular weight excluding hydrogens is 449 g/mol. The highest BCUT2D eigenvalue weighted by molar-refractivity contribution is 5.98. The van der Waals surface area contributed by atoms with Gasteiger partial charge in [-0.05, 0) is 60.7 Å². The smallest absolute Gasteiger partial charge is 0.326 e. The topological polar surface area (TPSA) is 101 Å². The first-order valence-corrected chi connectivity index (χ1v) is 11.6. The van der Waals surface area contributed by atoms with Gasteiger partial charge in [-0.2, -0.15) is 0 Å². The molecule has 1 atom stereocenters. The SMILES string of the molecule is Cc1cccc(F)c1C(=O)N[C@@H](Cc1ccc(OCCc2ccc3c(n2)NCCC3)cc1)C(=O)O. The summed E-state index contributed by atoms with van der Waals surface area (Å²) in [6, 6.07) is 14.3. The molecule has 0 saturated carbocycles. The third-order valence-corrected chi connectivity index (χ3v) is 5.99. The Balaban J connectivity index is 1.31. The van der Waals surface area contributed by atoms with E-state index in [1.54, 1.807) is 37.3 Å². The van der Waals surface area contributed by atoms with E-state index in [9.17, 15) is 19.1 Å². The summed E-state index contributed by atoms with van der Waals surface area (Å²) < 4.78 is 19.9. The number of pyridine rings is 1. The molecule has 8 heteroatoms. The maximum atomic E-state index is 14.1. The molecule has 2 heterocycles. The number of rotatable bonds is 9. The van der Waals surface area contributed by atoms with Crippen LogP contribution in [0.15, 0.2) is 54.6 Å². The van der Waals surface area contributed by atoms with Gasteiger partial charge in [0.15, 0.2) is 0 Å². The normalized spacial score (nSPS) is 13.3. The molecule has 2 aromatic carbocycles. The Hall–Kier alpha value is -3.94. The van der Waals surface area contributed by atoms with Gasteiger partial charge in [-0.25, -0.2) is 14.2 Å². The standard InChI is InChI=1S/C27H28FN3O4/c1-17-4-2-6-22(28)24(17)26(32)31-23(27(33)34)16-18-7-11-21(12-8-18)35-15-13-20-10-9-19-5-3-14-29-25(19)30-20/h2,4,6-12,23H,3,5,13-16H2,1H3,(H,29,30)(H,31,32)(H,33,34)/t23-/m0/s1. The second kappa shape index (κ2) is 11.0. The number of hydrogen-bond donors (Lipinski definition) is 3. The van der Waals surface area contributed by atoms with E-state index in [2.05, 4.69) is 21.7 Å². The number of anilines is 1. The Kier molecular flexibility index (Phi) is 7.60. The van der Waals surface area contributed by atoms with Gasteiger partial charge in [0.2, 0.25) is 0 Å². The summed E-state index contributed by atoms with van der Waals surface area (Å²) in [4.78, 5) is 28.9. The van der Waals surface area contributed by atoms with E-state index >= 15 is 0 Å². The van der Waals surface area contributed by atoms with Gasteiger partial charge in [0.25, 0.3) is 5.91 Å². The fourth-order valence-electron chi connectivity index (χ4n) is 4.09. The summed E-state index contributed by atoms with van der Waals surface area (Å²) in [7, 11) is 0. The number of ether oxygens (including phenoxy) is 1. The van der Waals surface area contributed by atoms with E-state index in [1.165, 1.54) is 17.7 Å². The monoisotopic (exact) mass is 477 g/mol. The minimum absolute atomic E-state index is 0.0564. The van der Waals surface area contributed by atoms with Gasteiger partial charge in [0, 0.05) is 25.1 Å². The van der Waals surface area contributed by atoms with Crippen molar-refractivity contribution in [3.8, 4) is 5.75 Å². The number of hydrogen-bond acceptors (Lipinski definition) is 5. The van der Waals surface area contributed by atoms with Crippen molar-refractivity contribution in [1.82, 2.24) is 10.3 Å². The summed E-state index contributed by atoms with van der Waals surface area (Å²) in [5.74, 6) is -1.01. The van der Waals surface area contributed by atoms with Crippen LogP contribution in [0.1, 0.15) is 39.2 Å². The number of nitrogens with one attached hydrogen (secondary N) is 2. The lowest BCUT2D eigenvalue weighted by molar-refractivity contribution is -0.139. The van der Waals surface area contributed by atoms with Crippen molar-refractivity contribution < 1.29 is 23.8 Å². The Labute approximate surface area is 203 Å². The Morgan fingerprint density at radius 2 is 1.97 bits per heavy atom. The molecule has 1 aromatic heterocycles. The Morgan fingerprint density at radius 3 is 2.71 bits per heavy atom.